The van der Waals surface area contributed by atoms with Crippen molar-refractivity contribution in [2.75, 3.05) is 6.54 Å². The molecule has 0 aliphatic rings. The Morgan fingerprint density at radius 2 is 1.91 bits per heavy atom. The van der Waals surface area contributed by atoms with Crippen molar-refractivity contribution < 1.29 is 13.0 Å². The maximum absolute atomic E-state index is 10.0. The van der Waals surface area contributed by atoms with E-state index in [1.807, 2.05) is 11.6 Å². The first-order chi connectivity index (χ1) is 4.56. The van der Waals surface area contributed by atoms with Crippen LogP contribution in [0.2, 0.25) is 0 Å². The molecule has 64 valence electrons. The van der Waals surface area contributed by atoms with E-state index in [1.165, 1.54) is 0 Å². The minimum absolute atomic E-state index is 0. The van der Waals surface area contributed by atoms with Crippen molar-refractivity contribution in [3.05, 3.63) is 0 Å². The van der Waals surface area contributed by atoms with Gasteiger partial charge in [-0.15, -0.1) is 0 Å². The zero-order valence-corrected chi connectivity index (χ0v) is 6.82. The van der Waals surface area contributed by atoms with Gasteiger partial charge in [0, 0.05) is 6.54 Å². The average Bonchev–Trinajstić information content (AvgIpc) is 1.78. The zero-order chi connectivity index (χ0) is 8.04. The van der Waals surface area contributed by atoms with E-state index in [9.17, 15) is 8.42 Å². The molecule has 0 saturated heterocycles. The third-order valence-electron chi connectivity index (χ3n) is 1.06. The minimum atomic E-state index is -3.95. The molecule has 2 N–H and O–H groups in total. The molecule has 0 amide bonds. The van der Waals surface area contributed by atoms with E-state index in [4.69, 9.17) is 4.55 Å². The van der Waals surface area contributed by atoms with Gasteiger partial charge in [-0.05, 0) is 6.42 Å². The molecule has 0 aliphatic carbocycles. The van der Waals surface area contributed by atoms with E-state index in [1.54, 1.807) is 0 Å². The van der Waals surface area contributed by atoms with Crippen LogP contribution in [-0.4, -0.2) is 38.4 Å². The molecule has 0 rings (SSSR count). The van der Waals surface area contributed by atoms with Crippen LogP contribution >= 0.6 is 0 Å². The first-order valence-electron chi connectivity index (χ1n) is 3.28. The van der Waals surface area contributed by atoms with Crippen molar-refractivity contribution in [2.24, 2.45) is 0 Å². The number of unbranched alkanes of at least 4 members (excludes halogenated alkanes) is 2. The predicted octanol–water partition coefficient (Wildman–Crippen LogP) is -0.0795. The molecule has 0 unspecified atom stereocenters. The van der Waals surface area contributed by atoms with Gasteiger partial charge in [0.1, 0.15) is 0 Å². The van der Waals surface area contributed by atoms with Crippen molar-refractivity contribution in [2.45, 2.75) is 26.2 Å². The van der Waals surface area contributed by atoms with Gasteiger partial charge >= 0.3 is 29.2 Å². The van der Waals surface area contributed by atoms with Crippen LogP contribution < -0.4 is 4.72 Å². The van der Waals surface area contributed by atoms with Gasteiger partial charge in [-0.3, -0.25) is 4.55 Å². The van der Waals surface area contributed by atoms with Crippen LogP contribution in [0.15, 0.2) is 0 Å². The topological polar surface area (TPSA) is 66.4 Å². The van der Waals surface area contributed by atoms with Crippen molar-refractivity contribution in [1.82, 2.24) is 4.72 Å². The Morgan fingerprint density at radius 1 is 1.36 bits per heavy atom. The van der Waals surface area contributed by atoms with Crippen LogP contribution in [0.25, 0.3) is 0 Å². The van der Waals surface area contributed by atoms with Gasteiger partial charge < -0.3 is 0 Å². The molecule has 0 spiro atoms. The third kappa shape index (κ3) is 13.5. The fraction of sp³-hybridized carbons (Fsp3) is 1.00. The van der Waals surface area contributed by atoms with Gasteiger partial charge in [-0.25, -0.2) is 0 Å². The molecule has 0 saturated carbocycles. The van der Waals surface area contributed by atoms with E-state index in [0.717, 1.165) is 19.3 Å². The quantitative estimate of drug-likeness (QED) is 0.349. The Balaban J connectivity index is 0. The Morgan fingerprint density at radius 3 is 2.27 bits per heavy atom. The van der Waals surface area contributed by atoms with Crippen molar-refractivity contribution in [1.29, 1.82) is 0 Å². The molecule has 11 heavy (non-hydrogen) atoms. The molecule has 0 radical (unpaired) electrons. The van der Waals surface area contributed by atoms with Crippen LogP contribution in [0.4, 0.5) is 0 Å². The molecule has 0 bridgehead atoms. The second-order valence-corrected chi connectivity index (χ2v) is 3.32. The summed E-state index contributed by atoms with van der Waals surface area (Å²) >= 11 is 0. The third-order valence-corrected chi connectivity index (χ3v) is 1.63. The zero-order valence-electron chi connectivity index (χ0n) is 6.00. The molecule has 0 aromatic heterocycles. The fourth-order valence-corrected chi connectivity index (χ4v) is 0.978. The maximum atomic E-state index is 10.0. The normalized spacial score (nSPS) is 10.7. The number of hydrogen-bond donors (Lipinski definition) is 2. The summed E-state index contributed by atoms with van der Waals surface area (Å²) in [5.41, 5.74) is 0. The first kappa shape index (κ1) is 14.0. The summed E-state index contributed by atoms with van der Waals surface area (Å²) < 4.78 is 30.2. The molecule has 0 aliphatic heterocycles. The van der Waals surface area contributed by atoms with Gasteiger partial charge in [-0.1, -0.05) is 19.8 Å². The van der Waals surface area contributed by atoms with Crippen molar-refractivity contribution in [3.8, 4) is 0 Å². The summed E-state index contributed by atoms with van der Waals surface area (Å²) in [6.45, 7) is 2.35. The van der Waals surface area contributed by atoms with Gasteiger partial charge in [0.25, 0.3) is 0 Å². The van der Waals surface area contributed by atoms with Gasteiger partial charge in [0.2, 0.25) is 0 Å². The Labute approximate surface area is 79.8 Å². The number of nitrogens with one attached hydrogen (secondary N) is 1. The van der Waals surface area contributed by atoms with Gasteiger partial charge in [0.15, 0.2) is 0 Å². The molecule has 4 nitrogen and oxygen atoms in total. The number of hydrogen-bond acceptors (Lipinski definition) is 2. The second kappa shape index (κ2) is 7.13. The molecule has 0 heterocycles. The van der Waals surface area contributed by atoms with E-state index >= 15 is 0 Å². The van der Waals surface area contributed by atoms with Crippen LogP contribution in [0.5, 0.6) is 0 Å². The van der Waals surface area contributed by atoms with Crippen molar-refractivity contribution >= 4 is 29.2 Å². The predicted molar refractivity (Wildman–Crippen MR) is 46.2 cm³/mol. The SMILES string of the molecule is CCCCCNS(=O)(=O)O.[LiH]. The summed E-state index contributed by atoms with van der Waals surface area (Å²) in [7, 11) is -3.95. The molecule has 6 heteroatoms. The van der Waals surface area contributed by atoms with E-state index in [2.05, 4.69) is 0 Å². The van der Waals surface area contributed by atoms with Crippen LogP contribution in [0.3, 0.4) is 0 Å². The summed E-state index contributed by atoms with van der Waals surface area (Å²) in [4.78, 5) is 0. The first-order valence-corrected chi connectivity index (χ1v) is 4.72. The van der Waals surface area contributed by atoms with Crippen molar-refractivity contribution in [3.63, 3.8) is 0 Å². The fourth-order valence-electron chi connectivity index (χ4n) is 0.576. The van der Waals surface area contributed by atoms with Gasteiger partial charge in [-0.2, -0.15) is 13.1 Å². The molecular formula is C5H14LiNO3S. The van der Waals surface area contributed by atoms with Crippen LogP contribution in [-0.2, 0) is 10.3 Å². The van der Waals surface area contributed by atoms with E-state index in [-0.39, 0.29) is 18.9 Å². The Bertz CT molecular complexity index is 169. The summed E-state index contributed by atoms with van der Waals surface area (Å²) in [6.07, 6.45) is 2.78. The van der Waals surface area contributed by atoms with E-state index < -0.39 is 10.3 Å². The van der Waals surface area contributed by atoms with E-state index in [0.29, 0.717) is 6.54 Å². The second-order valence-electron chi connectivity index (χ2n) is 2.08. The van der Waals surface area contributed by atoms with Crippen LogP contribution in [0, 0.1) is 0 Å². The van der Waals surface area contributed by atoms with Crippen LogP contribution in [0.1, 0.15) is 26.2 Å². The number of rotatable bonds is 5. The standard InChI is InChI=1S/C5H13NO3S.Li.H/c1-2-3-4-5-6-10(7,8)9;;/h6H,2-5H2,1H3,(H,7,8,9);;. The molecular weight excluding hydrogens is 161 g/mol. The Hall–Kier alpha value is 0.467. The summed E-state index contributed by atoms with van der Waals surface area (Å²) in [5.74, 6) is 0. The summed E-state index contributed by atoms with van der Waals surface area (Å²) in [6, 6.07) is 0. The Kier molecular flexibility index (Phi) is 9.09. The molecule has 0 atom stereocenters. The monoisotopic (exact) mass is 175 g/mol. The average molecular weight is 175 g/mol. The molecule has 0 aromatic carbocycles. The molecule has 0 aromatic rings. The van der Waals surface area contributed by atoms with Gasteiger partial charge in [0.05, 0.1) is 0 Å². The summed E-state index contributed by atoms with van der Waals surface area (Å²) in [5, 5.41) is 0. The molecule has 0 fully saturated rings.